The van der Waals surface area contributed by atoms with Crippen LogP contribution in [0.25, 0.3) is 10.9 Å². The number of fused-ring (bicyclic) bond motifs is 1. The Morgan fingerprint density at radius 3 is 3.10 bits per heavy atom. The van der Waals surface area contributed by atoms with Gasteiger partial charge in [0.1, 0.15) is 5.60 Å². The number of nitrogens with one attached hydrogen (secondary N) is 1. The number of anilines is 2. The first-order valence-corrected chi connectivity index (χ1v) is 6.81. The number of para-hydroxylation sites is 1. The lowest BCUT2D eigenvalue weighted by atomic mass is 9.96. The summed E-state index contributed by atoms with van der Waals surface area (Å²) in [6.07, 6.45) is 2.21. The van der Waals surface area contributed by atoms with Crippen LogP contribution < -0.4 is 11.1 Å². The highest BCUT2D eigenvalue weighted by Gasteiger charge is 2.39. The molecule has 0 bridgehead atoms. The summed E-state index contributed by atoms with van der Waals surface area (Å²) >= 11 is 0. The molecular formula is C15H19N3O2. The lowest BCUT2D eigenvalue weighted by Crippen LogP contribution is -2.43. The number of hydrogen-bond donors (Lipinski definition) is 3. The fourth-order valence-corrected chi connectivity index (χ4v) is 2.60. The maximum Gasteiger partial charge on any atom is 0.110 e. The largest absolute Gasteiger partial charge is 0.397 e. The van der Waals surface area contributed by atoms with E-state index >= 15 is 0 Å². The van der Waals surface area contributed by atoms with E-state index in [0.717, 1.165) is 16.6 Å². The molecule has 0 aliphatic carbocycles. The fraction of sp³-hybridized carbons (Fsp3) is 0.400. The zero-order chi connectivity index (χ0) is 14.2. The van der Waals surface area contributed by atoms with E-state index in [1.165, 1.54) is 0 Å². The molecule has 1 aromatic carbocycles. The Morgan fingerprint density at radius 1 is 1.50 bits per heavy atom. The molecule has 0 amide bonds. The summed E-state index contributed by atoms with van der Waals surface area (Å²) in [4.78, 5) is 4.30. The number of aliphatic hydroxyl groups is 1. The van der Waals surface area contributed by atoms with Gasteiger partial charge < -0.3 is 20.9 Å². The van der Waals surface area contributed by atoms with E-state index in [-0.39, 0.29) is 6.10 Å². The molecule has 2 unspecified atom stereocenters. The van der Waals surface area contributed by atoms with E-state index in [1.807, 2.05) is 31.2 Å². The standard InChI is InChI=1S/C15H19N3O2/c1-10-15(19,6-8-20-10)9-18-13-5-7-17-14-11(13)3-2-4-12(14)16/h2-5,7,10,19H,6,8-9,16H2,1H3,(H,17,18). The van der Waals surface area contributed by atoms with Gasteiger partial charge >= 0.3 is 0 Å². The Balaban J connectivity index is 1.86. The van der Waals surface area contributed by atoms with Crippen molar-refractivity contribution in [3.63, 3.8) is 0 Å². The summed E-state index contributed by atoms with van der Waals surface area (Å²) in [5, 5.41) is 14.8. The molecule has 5 heteroatoms. The first-order valence-electron chi connectivity index (χ1n) is 6.81. The van der Waals surface area contributed by atoms with Crippen molar-refractivity contribution in [2.45, 2.75) is 25.0 Å². The topological polar surface area (TPSA) is 80.4 Å². The monoisotopic (exact) mass is 273 g/mol. The van der Waals surface area contributed by atoms with Gasteiger partial charge in [-0.15, -0.1) is 0 Å². The van der Waals surface area contributed by atoms with Gasteiger partial charge in [0, 0.05) is 36.8 Å². The molecule has 1 aliphatic rings. The number of ether oxygens (including phenoxy) is 1. The van der Waals surface area contributed by atoms with Gasteiger partial charge in [0.2, 0.25) is 0 Å². The lowest BCUT2D eigenvalue weighted by molar-refractivity contribution is -0.0175. The Kier molecular flexibility index (Phi) is 3.23. The van der Waals surface area contributed by atoms with Crippen molar-refractivity contribution in [1.29, 1.82) is 0 Å². The molecule has 3 rings (SSSR count). The third kappa shape index (κ3) is 2.19. The van der Waals surface area contributed by atoms with Gasteiger partial charge in [-0.05, 0) is 19.1 Å². The maximum atomic E-state index is 10.5. The van der Waals surface area contributed by atoms with Crippen LogP contribution in [0, 0.1) is 0 Å². The van der Waals surface area contributed by atoms with Crippen molar-refractivity contribution in [1.82, 2.24) is 4.98 Å². The second kappa shape index (κ2) is 4.92. The molecule has 106 valence electrons. The second-order valence-corrected chi connectivity index (χ2v) is 5.32. The van der Waals surface area contributed by atoms with E-state index in [2.05, 4.69) is 10.3 Å². The zero-order valence-corrected chi connectivity index (χ0v) is 11.5. The minimum Gasteiger partial charge on any atom is -0.397 e. The van der Waals surface area contributed by atoms with Gasteiger partial charge in [-0.2, -0.15) is 0 Å². The third-order valence-corrected chi connectivity index (χ3v) is 4.05. The summed E-state index contributed by atoms with van der Waals surface area (Å²) in [7, 11) is 0. The normalized spacial score (nSPS) is 26.0. The van der Waals surface area contributed by atoms with Gasteiger partial charge in [0.05, 0.1) is 17.3 Å². The number of hydrogen-bond acceptors (Lipinski definition) is 5. The molecule has 20 heavy (non-hydrogen) atoms. The number of nitrogens with zero attached hydrogens (tertiary/aromatic N) is 1. The number of benzene rings is 1. The second-order valence-electron chi connectivity index (χ2n) is 5.32. The van der Waals surface area contributed by atoms with Gasteiger partial charge in [0.15, 0.2) is 0 Å². The van der Waals surface area contributed by atoms with Crippen molar-refractivity contribution in [2.24, 2.45) is 0 Å². The maximum absolute atomic E-state index is 10.5. The van der Waals surface area contributed by atoms with Crippen molar-refractivity contribution in [3.05, 3.63) is 30.5 Å². The molecule has 2 atom stereocenters. The SMILES string of the molecule is CC1OCCC1(O)CNc1ccnc2c(N)cccc12. The van der Waals surface area contributed by atoms with Crippen molar-refractivity contribution in [2.75, 3.05) is 24.2 Å². The van der Waals surface area contributed by atoms with E-state index in [4.69, 9.17) is 10.5 Å². The van der Waals surface area contributed by atoms with E-state index in [9.17, 15) is 5.11 Å². The molecular weight excluding hydrogens is 254 g/mol. The third-order valence-electron chi connectivity index (χ3n) is 4.05. The van der Waals surface area contributed by atoms with Crippen molar-refractivity contribution >= 4 is 22.3 Å². The Hall–Kier alpha value is -1.85. The van der Waals surface area contributed by atoms with Crippen LogP contribution in [-0.2, 0) is 4.74 Å². The van der Waals surface area contributed by atoms with Crippen LogP contribution in [0.5, 0.6) is 0 Å². The van der Waals surface area contributed by atoms with E-state index < -0.39 is 5.60 Å². The minimum absolute atomic E-state index is 0.159. The van der Waals surface area contributed by atoms with Crippen LogP contribution in [0.4, 0.5) is 11.4 Å². The predicted octanol–water partition coefficient (Wildman–Crippen LogP) is 1.77. The predicted molar refractivity (Wildman–Crippen MR) is 79.6 cm³/mol. The number of rotatable bonds is 3. The van der Waals surface area contributed by atoms with Crippen LogP contribution in [0.2, 0.25) is 0 Å². The van der Waals surface area contributed by atoms with Crippen LogP contribution in [-0.4, -0.2) is 34.9 Å². The fourth-order valence-electron chi connectivity index (χ4n) is 2.60. The highest BCUT2D eigenvalue weighted by molar-refractivity contribution is 5.97. The van der Waals surface area contributed by atoms with Crippen molar-refractivity contribution in [3.8, 4) is 0 Å². The summed E-state index contributed by atoms with van der Waals surface area (Å²) in [5.41, 5.74) is 7.47. The zero-order valence-electron chi connectivity index (χ0n) is 11.5. The molecule has 1 fully saturated rings. The van der Waals surface area contributed by atoms with Gasteiger partial charge in [-0.1, -0.05) is 12.1 Å². The first kappa shape index (κ1) is 13.1. The summed E-state index contributed by atoms with van der Waals surface area (Å²) < 4.78 is 5.44. The van der Waals surface area contributed by atoms with Crippen LogP contribution in [0.1, 0.15) is 13.3 Å². The molecule has 1 aromatic heterocycles. The lowest BCUT2D eigenvalue weighted by Gasteiger charge is -2.27. The molecule has 1 saturated heterocycles. The van der Waals surface area contributed by atoms with Gasteiger partial charge in [0.25, 0.3) is 0 Å². The van der Waals surface area contributed by atoms with Gasteiger partial charge in [-0.3, -0.25) is 4.98 Å². The van der Waals surface area contributed by atoms with Crippen molar-refractivity contribution < 1.29 is 9.84 Å². The molecule has 2 heterocycles. The molecule has 0 radical (unpaired) electrons. The Morgan fingerprint density at radius 2 is 2.35 bits per heavy atom. The smallest absolute Gasteiger partial charge is 0.110 e. The number of nitrogens with two attached hydrogens (primary N) is 1. The molecule has 0 saturated carbocycles. The molecule has 4 N–H and O–H groups in total. The first-order chi connectivity index (χ1) is 9.60. The number of nitrogen functional groups attached to an aromatic ring is 1. The highest BCUT2D eigenvalue weighted by atomic mass is 16.5. The average molecular weight is 273 g/mol. The quantitative estimate of drug-likeness (QED) is 0.743. The summed E-state index contributed by atoms with van der Waals surface area (Å²) in [6.45, 7) is 2.95. The minimum atomic E-state index is -0.823. The van der Waals surface area contributed by atoms with Crippen LogP contribution >= 0.6 is 0 Å². The number of aromatic nitrogens is 1. The van der Waals surface area contributed by atoms with Crippen LogP contribution in [0.15, 0.2) is 30.5 Å². The molecule has 0 spiro atoms. The average Bonchev–Trinajstić information content (AvgIpc) is 2.77. The van der Waals surface area contributed by atoms with Gasteiger partial charge in [-0.25, -0.2) is 0 Å². The Labute approximate surface area is 117 Å². The summed E-state index contributed by atoms with van der Waals surface area (Å²) in [5.74, 6) is 0. The van der Waals surface area contributed by atoms with Crippen LogP contribution in [0.3, 0.4) is 0 Å². The number of pyridine rings is 1. The highest BCUT2D eigenvalue weighted by Crippen LogP contribution is 2.29. The van der Waals surface area contributed by atoms with E-state index in [1.54, 1.807) is 6.20 Å². The summed E-state index contributed by atoms with van der Waals surface area (Å²) in [6, 6.07) is 7.60. The molecule has 5 nitrogen and oxygen atoms in total. The Bertz CT molecular complexity index is 632. The van der Waals surface area contributed by atoms with E-state index in [0.29, 0.717) is 25.3 Å². The molecule has 1 aliphatic heterocycles. The molecule has 2 aromatic rings.